The molecule has 2 rings (SSSR count). The highest BCUT2D eigenvalue weighted by Gasteiger charge is 2.17. The predicted molar refractivity (Wildman–Crippen MR) is 86.7 cm³/mol. The van der Waals surface area contributed by atoms with E-state index in [1.54, 1.807) is 18.9 Å². The molecule has 106 valence electrons. The molecule has 20 heavy (non-hydrogen) atoms. The number of aromatic nitrogens is 1. The minimum Gasteiger partial charge on any atom is -0.497 e. The average Bonchev–Trinajstić information content (AvgIpc) is 2.46. The van der Waals surface area contributed by atoms with E-state index in [0.717, 1.165) is 22.7 Å². The van der Waals surface area contributed by atoms with Crippen LogP contribution in [0.15, 0.2) is 41.3 Å². The van der Waals surface area contributed by atoms with Gasteiger partial charge in [-0.25, -0.2) is 0 Å². The maximum atomic E-state index is 5.20. The summed E-state index contributed by atoms with van der Waals surface area (Å²) in [7, 11) is 1.68. The molecule has 0 saturated heterocycles. The second-order valence-electron chi connectivity index (χ2n) is 5.76. The highest BCUT2D eigenvalue weighted by atomic mass is 32.2. The maximum absolute atomic E-state index is 5.20. The third kappa shape index (κ3) is 3.34. The van der Waals surface area contributed by atoms with E-state index in [0.29, 0.717) is 0 Å². The summed E-state index contributed by atoms with van der Waals surface area (Å²) in [4.78, 5) is 6.07. The van der Waals surface area contributed by atoms with Gasteiger partial charge in [0.25, 0.3) is 0 Å². The topological polar surface area (TPSA) is 22.1 Å². The van der Waals surface area contributed by atoms with Gasteiger partial charge >= 0.3 is 0 Å². The van der Waals surface area contributed by atoms with E-state index < -0.39 is 0 Å². The van der Waals surface area contributed by atoms with Gasteiger partial charge in [-0.1, -0.05) is 20.8 Å². The van der Waals surface area contributed by atoms with Crippen LogP contribution in [0.1, 0.15) is 26.5 Å². The molecular weight excluding hydrogens is 266 g/mol. The molecule has 0 atom stereocenters. The number of pyridine rings is 1. The molecule has 0 radical (unpaired) electrons. The third-order valence-corrected chi connectivity index (χ3v) is 3.90. The number of hydrogen-bond donors (Lipinski definition) is 0. The number of methoxy groups -OCH3 is 1. The molecule has 1 heterocycles. The summed E-state index contributed by atoms with van der Waals surface area (Å²) in [5.74, 6) is 0.866. The van der Waals surface area contributed by atoms with E-state index in [1.165, 1.54) is 4.90 Å². The van der Waals surface area contributed by atoms with Crippen LogP contribution in [0, 0.1) is 0 Å². The minimum atomic E-state index is 0.0486. The Morgan fingerprint density at radius 2 is 1.70 bits per heavy atom. The maximum Gasteiger partial charge on any atom is 0.118 e. The van der Waals surface area contributed by atoms with Crippen molar-refractivity contribution in [1.29, 1.82) is 0 Å². The molecule has 1 aromatic carbocycles. The van der Waals surface area contributed by atoms with Gasteiger partial charge in [-0.3, -0.25) is 4.98 Å². The minimum absolute atomic E-state index is 0.0486. The molecule has 2 aromatic rings. The summed E-state index contributed by atoms with van der Waals surface area (Å²) >= 11 is 1.75. The van der Waals surface area contributed by atoms with Crippen molar-refractivity contribution >= 4 is 11.8 Å². The molecule has 0 unspecified atom stereocenters. The van der Waals surface area contributed by atoms with Gasteiger partial charge in [0.1, 0.15) is 5.75 Å². The van der Waals surface area contributed by atoms with Gasteiger partial charge in [0, 0.05) is 21.6 Å². The molecule has 0 N–H and O–H groups in total. The smallest absolute Gasteiger partial charge is 0.118 e. The van der Waals surface area contributed by atoms with Crippen LogP contribution in [0.25, 0.3) is 11.3 Å². The van der Waals surface area contributed by atoms with Crippen LogP contribution < -0.4 is 4.74 Å². The number of ether oxygens (including phenoxy) is 1. The monoisotopic (exact) mass is 287 g/mol. The van der Waals surface area contributed by atoms with Crippen molar-refractivity contribution in [3.63, 3.8) is 0 Å². The summed E-state index contributed by atoms with van der Waals surface area (Å²) in [5.41, 5.74) is 3.30. The van der Waals surface area contributed by atoms with E-state index in [-0.39, 0.29) is 5.41 Å². The van der Waals surface area contributed by atoms with Crippen molar-refractivity contribution in [3.05, 3.63) is 42.1 Å². The van der Waals surface area contributed by atoms with Crippen LogP contribution in [-0.2, 0) is 5.41 Å². The van der Waals surface area contributed by atoms with Gasteiger partial charge in [0.15, 0.2) is 0 Å². The Bertz CT molecular complexity index is 585. The van der Waals surface area contributed by atoms with Crippen LogP contribution >= 0.6 is 11.8 Å². The Kier molecular flexibility index (Phi) is 4.39. The van der Waals surface area contributed by atoms with Gasteiger partial charge in [-0.05, 0) is 42.7 Å². The molecule has 0 aliphatic heterocycles. The summed E-state index contributed by atoms with van der Waals surface area (Å²) in [5, 5.41) is 0. The lowest BCUT2D eigenvalue weighted by Crippen LogP contribution is -2.14. The lowest BCUT2D eigenvalue weighted by molar-refractivity contribution is 0.415. The Morgan fingerprint density at radius 3 is 2.20 bits per heavy atom. The Hall–Kier alpha value is -1.48. The summed E-state index contributed by atoms with van der Waals surface area (Å²) in [6.07, 6.45) is 2.10. The second-order valence-corrected chi connectivity index (χ2v) is 6.64. The molecule has 3 heteroatoms. The highest BCUT2D eigenvalue weighted by molar-refractivity contribution is 7.98. The normalized spacial score (nSPS) is 11.4. The number of benzene rings is 1. The van der Waals surface area contributed by atoms with Gasteiger partial charge in [-0.15, -0.1) is 11.8 Å². The Balaban J connectivity index is 2.49. The fraction of sp³-hybridized carbons (Fsp3) is 0.353. The largest absolute Gasteiger partial charge is 0.497 e. The van der Waals surface area contributed by atoms with Crippen LogP contribution in [0.3, 0.4) is 0 Å². The zero-order chi connectivity index (χ0) is 14.8. The number of thioether (sulfide) groups is 1. The van der Waals surface area contributed by atoms with E-state index in [4.69, 9.17) is 9.72 Å². The van der Waals surface area contributed by atoms with Gasteiger partial charge in [0.05, 0.1) is 12.8 Å². The van der Waals surface area contributed by atoms with Crippen molar-refractivity contribution in [2.75, 3.05) is 13.4 Å². The van der Waals surface area contributed by atoms with Crippen LogP contribution in [0.5, 0.6) is 5.75 Å². The average molecular weight is 287 g/mol. The molecule has 0 saturated carbocycles. The SMILES string of the molecule is COc1ccc(-c2cc(SC)cc(C(C)(C)C)n2)cc1. The lowest BCUT2D eigenvalue weighted by atomic mass is 9.91. The first-order valence-electron chi connectivity index (χ1n) is 6.65. The van der Waals surface area contributed by atoms with E-state index in [2.05, 4.69) is 51.3 Å². The molecule has 0 aliphatic carbocycles. The first kappa shape index (κ1) is 14.9. The Morgan fingerprint density at radius 1 is 1.05 bits per heavy atom. The Labute approximate surface area is 125 Å². The quantitative estimate of drug-likeness (QED) is 0.759. The second kappa shape index (κ2) is 5.88. The van der Waals surface area contributed by atoms with E-state index in [1.807, 2.05) is 12.1 Å². The van der Waals surface area contributed by atoms with Crippen LogP contribution in [0.4, 0.5) is 0 Å². The first-order chi connectivity index (χ1) is 9.44. The molecule has 0 fully saturated rings. The summed E-state index contributed by atoms with van der Waals surface area (Å²) in [6.45, 7) is 6.58. The molecule has 0 amide bonds. The molecule has 0 aliphatic rings. The fourth-order valence-corrected chi connectivity index (χ4v) is 2.38. The molecule has 1 aromatic heterocycles. The summed E-state index contributed by atoms with van der Waals surface area (Å²) in [6, 6.07) is 12.4. The van der Waals surface area contributed by atoms with Crippen molar-refractivity contribution in [1.82, 2.24) is 4.98 Å². The number of nitrogens with zero attached hydrogens (tertiary/aromatic N) is 1. The van der Waals surface area contributed by atoms with Crippen molar-refractivity contribution < 1.29 is 4.74 Å². The lowest BCUT2D eigenvalue weighted by Gasteiger charge is -2.19. The predicted octanol–water partition coefficient (Wildman–Crippen LogP) is 4.78. The summed E-state index contributed by atoms with van der Waals surface area (Å²) < 4.78 is 5.20. The molecule has 2 nitrogen and oxygen atoms in total. The highest BCUT2D eigenvalue weighted by Crippen LogP contribution is 2.30. The van der Waals surface area contributed by atoms with Crippen LogP contribution in [0.2, 0.25) is 0 Å². The standard InChI is InChI=1S/C17H21NOS/c1-17(2,3)16-11-14(20-5)10-15(18-16)12-6-8-13(19-4)9-7-12/h6-11H,1-5H3. The van der Waals surface area contributed by atoms with E-state index >= 15 is 0 Å². The number of hydrogen-bond acceptors (Lipinski definition) is 3. The van der Waals surface area contributed by atoms with Crippen LogP contribution in [-0.4, -0.2) is 18.3 Å². The molecule has 0 bridgehead atoms. The molecule has 0 spiro atoms. The van der Waals surface area contributed by atoms with Gasteiger partial charge < -0.3 is 4.74 Å². The van der Waals surface area contributed by atoms with Crippen molar-refractivity contribution in [2.24, 2.45) is 0 Å². The van der Waals surface area contributed by atoms with Gasteiger partial charge in [0.2, 0.25) is 0 Å². The third-order valence-electron chi connectivity index (χ3n) is 3.19. The molecular formula is C17H21NOS. The zero-order valence-corrected chi connectivity index (χ0v) is 13.5. The number of rotatable bonds is 3. The van der Waals surface area contributed by atoms with Gasteiger partial charge in [-0.2, -0.15) is 0 Å². The first-order valence-corrected chi connectivity index (χ1v) is 7.87. The van der Waals surface area contributed by atoms with Crippen molar-refractivity contribution in [3.8, 4) is 17.0 Å². The fourth-order valence-electron chi connectivity index (χ4n) is 1.92. The zero-order valence-electron chi connectivity index (χ0n) is 12.7. The van der Waals surface area contributed by atoms with Crippen molar-refractivity contribution in [2.45, 2.75) is 31.1 Å². The van der Waals surface area contributed by atoms with E-state index in [9.17, 15) is 0 Å².